The molecule has 228 valence electrons. The van der Waals surface area contributed by atoms with Crippen molar-refractivity contribution in [2.24, 2.45) is 0 Å². The second kappa shape index (κ2) is 11.6. The van der Waals surface area contributed by atoms with Crippen molar-refractivity contribution < 1.29 is 28.6 Å². The van der Waals surface area contributed by atoms with E-state index in [4.69, 9.17) is 14.5 Å². The molecule has 1 aliphatic carbocycles. The molecule has 9 heteroatoms. The molecule has 4 aromatic rings. The molecule has 2 aromatic carbocycles. The van der Waals surface area contributed by atoms with Gasteiger partial charge in [-0.2, -0.15) is 0 Å². The third-order valence-electron chi connectivity index (χ3n) is 8.43. The lowest BCUT2D eigenvalue weighted by Gasteiger charge is -2.26. The molecule has 2 aromatic heterocycles. The lowest BCUT2D eigenvalue weighted by Crippen LogP contribution is -2.44. The van der Waals surface area contributed by atoms with E-state index in [1.54, 1.807) is 50.4 Å². The van der Waals surface area contributed by atoms with Crippen LogP contribution in [-0.2, 0) is 15.8 Å². The van der Waals surface area contributed by atoms with Crippen LogP contribution in [-0.4, -0.2) is 46.0 Å². The van der Waals surface area contributed by atoms with Crippen molar-refractivity contribution in [3.63, 3.8) is 0 Å². The Morgan fingerprint density at radius 3 is 2.68 bits per heavy atom. The highest BCUT2D eigenvalue weighted by atomic mass is 19.1. The largest absolute Gasteiger partial charge is 0.489 e. The molecular weight excluding hydrogens is 561 g/mol. The summed E-state index contributed by atoms with van der Waals surface area (Å²) >= 11 is 0. The number of pyridine rings is 2. The highest BCUT2D eigenvalue weighted by molar-refractivity contribution is 6.01. The fourth-order valence-electron chi connectivity index (χ4n) is 5.49. The predicted octanol–water partition coefficient (Wildman–Crippen LogP) is 6.02. The van der Waals surface area contributed by atoms with Crippen LogP contribution in [0.25, 0.3) is 22.2 Å². The van der Waals surface area contributed by atoms with Crippen molar-refractivity contribution in [1.29, 1.82) is 0 Å². The Kier molecular flexibility index (Phi) is 7.84. The molecule has 0 bridgehead atoms. The van der Waals surface area contributed by atoms with E-state index in [1.807, 2.05) is 19.1 Å². The minimum atomic E-state index is -1.53. The van der Waals surface area contributed by atoms with Crippen LogP contribution in [0.4, 0.5) is 4.39 Å². The molecule has 0 spiro atoms. The van der Waals surface area contributed by atoms with Gasteiger partial charge in [0.1, 0.15) is 46.1 Å². The fraction of sp³-hybridized carbons (Fsp3) is 0.371. The lowest BCUT2D eigenvalue weighted by atomic mass is 9.81. The number of ketones is 1. The molecule has 1 amide bonds. The summed E-state index contributed by atoms with van der Waals surface area (Å²) in [6.07, 6.45) is 4.70. The molecule has 8 nitrogen and oxygen atoms in total. The number of hydrogen-bond donors (Lipinski definition) is 2. The van der Waals surface area contributed by atoms with Gasteiger partial charge < -0.3 is 19.9 Å². The van der Waals surface area contributed by atoms with Crippen molar-refractivity contribution >= 4 is 22.6 Å². The van der Waals surface area contributed by atoms with E-state index >= 15 is 0 Å². The summed E-state index contributed by atoms with van der Waals surface area (Å²) < 4.78 is 25.9. The van der Waals surface area contributed by atoms with Crippen LogP contribution in [0, 0.1) is 5.82 Å². The van der Waals surface area contributed by atoms with E-state index in [9.17, 15) is 19.1 Å². The van der Waals surface area contributed by atoms with Crippen molar-refractivity contribution in [3.05, 3.63) is 83.4 Å². The monoisotopic (exact) mass is 597 g/mol. The van der Waals surface area contributed by atoms with Gasteiger partial charge in [-0.05, 0) is 88.1 Å². The quantitative estimate of drug-likeness (QED) is 0.203. The number of Topliss-reactive ketones (excluding diaryl/α,β-unsaturated/α-hetero) is 1. The molecule has 2 N–H and O–H groups in total. The first-order chi connectivity index (χ1) is 21.1. The minimum Gasteiger partial charge on any atom is -0.489 e. The zero-order valence-corrected chi connectivity index (χ0v) is 25.2. The number of carbonyl (C=O) groups is 2. The molecule has 0 saturated heterocycles. The molecule has 1 aliphatic heterocycles. The number of aromatic nitrogens is 2. The number of halogens is 1. The fourth-order valence-corrected chi connectivity index (χ4v) is 5.49. The second-order valence-corrected chi connectivity index (χ2v) is 12.2. The molecule has 2 aliphatic rings. The highest BCUT2D eigenvalue weighted by Crippen LogP contribution is 2.46. The minimum absolute atomic E-state index is 0.0387. The lowest BCUT2D eigenvalue weighted by molar-refractivity contribution is -0.126. The third kappa shape index (κ3) is 5.76. The van der Waals surface area contributed by atoms with Gasteiger partial charge in [0.25, 0.3) is 0 Å². The first-order valence-corrected chi connectivity index (χ1v) is 15.1. The van der Waals surface area contributed by atoms with Crippen LogP contribution in [0.1, 0.15) is 74.5 Å². The number of fused-ring (bicyclic) bond motifs is 2. The Labute approximate surface area is 255 Å². The highest BCUT2D eigenvalue weighted by Gasteiger charge is 2.46. The smallest absolute Gasteiger partial charge is 0.234 e. The van der Waals surface area contributed by atoms with E-state index in [-0.39, 0.29) is 37.2 Å². The Morgan fingerprint density at radius 1 is 1.18 bits per heavy atom. The van der Waals surface area contributed by atoms with Gasteiger partial charge in [-0.15, -0.1) is 0 Å². The number of nitrogens with one attached hydrogen (secondary N) is 1. The maximum atomic E-state index is 13.8. The number of amides is 1. The van der Waals surface area contributed by atoms with Crippen LogP contribution in [0.3, 0.4) is 0 Å². The van der Waals surface area contributed by atoms with Crippen LogP contribution in [0.15, 0.2) is 60.8 Å². The molecule has 6 rings (SSSR count). The van der Waals surface area contributed by atoms with Crippen LogP contribution < -0.4 is 14.8 Å². The predicted molar refractivity (Wildman–Crippen MR) is 164 cm³/mol. The SMILES string of the molecule is CCCNC(=O)[C@@]1(C)COc2c1cc([C@@](C)(O)CCC(=O)c1cc(OC3CC3)c3ncccc3c1)nc2-c1ccc(F)cc1. The Balaban J connectivity index is 1.32. The molecule has 0 unspecified atom stereocenters. The van der Waals surface area contributed by atoms with E-state index in [1.165, 1.54) is 12.1 Å². The van der Waals surface area contributed by atoms with Gasteiger partial charge in [0.05, 0.1) is 11.8 Å². The summed E-state index contributed by atoms with van der Waals surface area (Å²) in [5, 5.41) is 15.6. The molecular formula is C35H36FN3O5. The zero-order chi connectivity index (χ0) is 31.1. The number of aliphatic hydroxyl groups is 1. The van der Waals surface area contributed by atoms with Crippen LogP contribution in [0.5, 0.6) is 11.5 Å². The molecule has 2 atom stereocenters. The maximum absolute atomic E-state index is 13.8. The normalized spacial score (nSPS) is 18.8. The van der Waals surface area contributed by atoms with Crippen LogP contribution in [0.2, 0.25) is 0 Å². The van der Waals surface area contributed by atoms with Gasteiger partial charge in [0.15, 0.2) is 5.78 Å². The van der Waals surface area contributed by atoms with Crippen molar-refractivity contribution in [1.82, 2.24) is 15.3 Å². The Hall–Kier alpha value is -4.37. The average Bonchev–Trinajstić information content (AvgIpc) is 3.78. The summed E-state index contributed by atoms with van der Waals surface area (Å²) in [4.78, 5) is 36.1. The standard InChI is InChI=1S/C35H36FN3O5/c1-4-15-38-33(41)34(2)20-43-32-26(34)19-29(39-31(32)21-7-9-24(36)10-8-21)35(3,42)14-13-27(40)23-17-22-6-5-16-37-30(22)28(18-23)44-25-11-12-25/h5-10,16-19,25,42H,4,11-15,20H2,1-3H3,(H,38,41)/t34-,35-/m0/s1. The Morgan fingerprint density at radius 2 is 1.95 bits per heavy atom. The van der Waals surface area contributed by atoms with Gasteiger partial charge in [-0.1, -0.05) is 13.0 Å². The Bertz CT molecular complexity index is 1730. The van der Waals surface area contributed by atoms with Gasteiger partial charge in [0, 0.05) is 41.2 Å². The summed E-state index contributed by atoms with van der Waals surface area (Å²) in [6, 6.07) is 14.8. The van der Waals surface area contributed by atoms with Crippen molar-refractivity contribution in [2.75, 3.05) is 13.2 Å². The number of benzene rings is 2. The first kappa shape index (κ1) is 29.7. The number of ether oxygens (including phenoxy) is 2. The first-order valence-electron chi connectivity index (χ1n) is 15.1. The third-order valence-corrected chi connectivity index (χ3v) is 8.43. The van der Waals surface area contributed by atoms with Gasteiger partial charge in [0.2, 0.25) is 5.91 Å². The summed E-state index contributed by atoms with van der Waals surface area (Å²) in [5.41, 5.74) is 0.512. The molecule has 3 heterocycles. The second-order valence-electron chi connectivity index (χ2n) is 12.2. The topological polar surface area (TPSA) is 111 Å². The molecule has 1 saturated carbocycles. The molecule has 44 heavy (non-hydrogen) atoms. The zero-order valence-electron chi connectivity index (χ0n) is 25.2. The summed E-state index contributed by atoms with van der Waals surface area (Å²) in [7, 11) is 0. The van der Waals surface area contributed by atoms with Crippen LogP contribution >= 0.6 is 0 Å². The number of nitrogens with zero attached hydrogens (tertiary/aromatic N) is 2. The van der Waals surface area contributed by atoms with Crippen molar-refractivity contribution in [3.8, 4) is 22.8 Å². The van der Waals surface area contributed by atoms with Gasteiger partial charge in [-0.3, -0.25) is 14.6 Å². The average molecular weight is 598 g/mol. The number of carbonyl (C=O) groups excluding carboxylic acids is 2. The van der Waals surface area contributed by atoms with Gasteiger partial charge >= 0.3 is 0 Å². The number of rotatable bonds is 11. The van der Waals surface area contributed by atoms with E-state index in [0.29, 0.717) is 51.6 Å². The molecule has 0 radical (unpaired) electrons. The van der Waals surface area contributed by atoms with E-state index in [2.05, 4.69) is 10.3 Å². The van der Waals surface area contributed by atoms with Crippen molar-refractivity contribution in [2.45, 2.75) is 70.0 Å². The molecule has 1 fully saturated rings. The summed E-state index contributed by atoms with van der Waals surface area (Å²) in [5.74, 6) is 0.278. The number of hydrogen-bond acceptors (Lipinski definition) is 7. The summed E-state index contributed by atoms with van der Waals surface area (Å²) in [6.45, 7) is 6.00. The van der Waals surface area contributed by atoms with Gasteiger partial charge in [-0.25, -0.2) is 9.37 Å². The maximum Gasteiger partial charge on any atom is 0.234 e. The van der Waals surface area contributed by atoms with E-state index in [0.717, 1.165) is 24.6 Å². The van der Waals surface area contributed by atoms with E-state index < -0.39 is 16.8 Å².